The van der Waals surface area contributed by atoms with E-state index in [2.05, 4.69) is 5.32 Å². The highest BCUT2D eigenvalue weighted by Gasteiger charge is 2.24. The maximum Gasteiger partial charge on any atom is 0.256 e. The molecule has 10 heteroatoms. The number of benzene rings is 2. The van der Waals surface area contributed by atoms with Crippen LogP contribution in [0.1, 0.15) is 24.2 Å². The lowest BCUT2D eigenvalue weighted by molar-refractivity contribution is 0.102. The highest BCUT2D eigenvalue weighted by molar-refractivity contribution is 7.89. The molecule has 1 amide bonds. The minimum Gasteiger partial charge on any atom is -0.506 e. The molecule has 2 rings (SSSR count). The highest BCUT2D eigenvalue weighted by Crippen LogP contribution is 2.38. The van der Waals surface area contributed by atoms with Gasteiger partial charge in [-0.05, 0) is 30.3 Å². The summed E-state index contributed by atoms with van der Waals surface area (Å²) in [4.78, 5) is 12.7. The van der Waals surface area contributed by atoms with Gasteiger partial charge in [-0.1, -0.05) is 13.8 Å². The Morgan fingerprint density at radius 3 is 2.03 bits per heavy atom. The average molecular weight is 439 g/mol. The molecule has 0 bridgehead atoms. The van der Waals surface area contributed by atoms with Gasteiger partial charge in [-0.15, -0.1) is 0 Å². The summed E-state index contributed by atoms with van der Waals surface area (Å²) < 4.78 is 42.5. The second-order valence-electron chi connectivity index (χ2n) is 6.14. The molecule has 0 spiro atoms. The van der Waals surface area contributed by atoms with E-state index in [0.717, 1.165) is 0 Å². The Morgan fingerprint density at radius 1 is 1.00 bits per heavy atom. The molecule has 0 heterocycles. The van der Waals surface area contributed by atoms with Crippen LogP contribution in [0.15, 0.2) is 35.2 Å². The number of sulfonamides is 1. The van der Waals surface area contributed by atoms with Crippen molar-refractivity contribution in [1.82, 2.24) is 4.31 Å². The molecule has 30 heavy (non-hydrogen) atoms. The summed E-state index contributed by atoms with van der Waals surface area (Å²) in [5.41, 5.74) is 0.128. The number of phenolic OH excluding ortho intramolecular Hbond substituents is 1. The van der Waals surface area contributed by atoms with E-state index in [-0.39, 0.29) is 33.4 Å². The number of phenols is 1. The molecule has 0 saturated heterocycles. The van der Waals surface area contributed by atoms with E-state index in [0.29, 0.717) is 18.8 Å². The van der Waals surface area contributed by atoms with Gasteiger partial charge in [-0.2, -0.15) is 4.31 Å². The van der Waals surface area contributed by atoms with Gasteiger partial charge in [0.15, 0.2) is 11.5 Å². The van der Waals surface area contributed by atoms with Crippen LogP contribution in [0, 0.1) is 0 Å². The third-order valence-corrected chi connectivity index (χ3v) is 6.53. The fourth-order valence-electron chi connectivity index (χ4n) is 2.89. The van der Waals surface area contributed by atoms with Crippen molar-refractivity contribution in [2.75, 3.05) is 39.7 Å². The molecule has 0 aliphatic carbocycles. The Balaban J connectivity index is 2.43. The third-order valence-electron chi connectivity index (χ3n) is 4.49. The number of carbonyl (C=O) groups is 1. The third kappa shape index (κ3) is 4.60. The van der Waals surface area contributed by atoms with Crippen LogP contribution < -0.4 is 19.5 Å². The Bertz CT molecular complexity index is 993. The van der Waals surface area contributed by atoms with Crippen LogP contribution in [0.4, 0.5) is 5.69 Å². The maximum atomic E-state index is 12.8. The van der Waals surface area contributed by atoms with Gasteiger partial charge < -0.3 is 24.6 Å². The van der Waals surface area contributed by atoms with Crippen molar-refractivity contribution < 1.29 is 32.5 Å². The molecule has 9 nitrogen and oxygen atoms in total. The summed E-state index contributed by atoms with van der Waals surface area (Å²) in [6.07, 6.45) is 0. The molecule has 2 aromatic carbocycles. The Labute approximate surface area is 176 Å². The first-order valence-corrected chi connectivity index (χ1v) is 10.6. The van der Waals surface area contributed by atoms with E-state index >= 15 is 0 Å². The van der Waals surface area contributed by atoms with Gasteiger partial charge in [-0.3, -0.25) is 4.79 Å². The van der Waals surface area contributed by atoms with Crippen LogP contribution in [0.3, 0.4) is 0 Å². The molecule has 0 unspecified atom stereocenters. The topological polar surface area (TPSA) is 114 Å². The van der Waals surface area contributed by atoms with Crippen LogP contribution in [0.2, 0.25) is 0 Å². The molecule has 0 aromatic heterocycles. The van der Waals surface area contributed by atoms with Crippen molar-refractivity contribution >= 4 is 21.6 Å². The number of methoxy groups -OCH3 is 3. The monoisotopic (exact) mass is 438 g/mol. The summed E-state index contributed by atoms with van der Waals surface area (Å²) in [5, 5.41) is 12.7. The van der Waals surface area contributed by atoms with Crippen LogP contribution in [0.25, 0.3) is 0 Å². The van der Waals surface area contributed by atoms with Crippen molar-refractivity contribution in [3.8, 4) is 23.0 Å². The standard InChI is InChI=1S/C20H26N2O7S/c1-6-22(7-2)30(25,26)14-8-9-16(23)15(12-14)21-20(24)13-10-17(27-3)19(29-5)18(11-13)28-4/h8-12,23H,6-7H2,1-5H3,(H,21,24). The number of ether oxygens (including phenoxy) is 3. The number of carbonyl (C=O) groups excluding carboxylic acids is 1. The fraction of sp³-hybridized carbons (Fsp3) is 0.350. The largest absolute Gasteiger partial charge is 0.506 e. The van der Waals surface area contributed by atoms with Gasteiger partial charge in [0, 0.05) is 18.7 Å². The SMILES string of the molecule is CCN(CC)S(=O)(=O)c1ccc(O)c(NC(=O)c2cc(OC)c(OC)c(OC)c2)c1. The zero-order valence-corrected chi connectivity index (χ0v) is 18.4. The molecule has 0 fully saturated rings. The van der Waals surface area contributed by atoms with Crippen molar-refractivity contribution in [2.45, 2.75) is 18.7 Å². The van der Waals surface area contributed by atoms with Crippen LogP contribution in [-0.4, -0.2) is 58.2 Å². The first-order valence-electron chi connectivity index (χ1n) is 9.17. The Morgan fingerprint density at radius 2 is 1.57 bits per heavy atom. The molecule has 2 aromatic rings. The van der Waals surface area contributed by atoms with Crippen LogP contribution in [-0.2, 0) is 10.0 Å². The lowest BCUT2D eigenvalue weighted by atomic mass is 10.1. The highest BCUT2D eigenvalue weighted by atomic mass is 32.2. The minimum atomic E-state index is -3.76. The van der Waals surface area contributed by atoms with E-state index in [4.69, 9.17) is 14.2 Å². The average Bonchev–Trinajstić information content (AvgIpc) is 2.74. The lowest BCUT2D eigenvalue weighted by Crippen LogP contribution is -2.30. The number of amides is 1. The summed E-state index contributed by atoms with van der Waals surface area (Å²) in [6.45, 7) is 4.06. The zero-order valence-electron chi connectivity index (χ0n) is 17.6. The quantitative estimate of drug-likeness (QED) is 0.579. The number of hydrogen-bond acceptors (Lipinski definition) is 7. The Kier molecular flexibility index (Phi) is 7.52. The van der Waals surface area contributed by atoms with Crippen LogP contribution in [0.5, 0.6) is 23.0 Å². The van der Waals surface area contributed by atoms with Gasteiger partial charge in [0.05, 0.1) is 31.9 Å². The lowest BCUT2D eigenvalue weighted by Gasteiger charge is -2.19. The maximum absolute atomic E-state index is 12.8. The molecule has 2 N–H and O–H groups in total. The fourth-order valence-corrected chi connectivity index (χ4v) is 4.38. The number of nitrogens with zero attached hydrogens (tertiary/aromatic N) is 1. The summed E-state index contributed by atoms with van der Waals surface area (Å²) in [6, 6.07) is 6.63. The Hall–Kier alpha value is -2.98. The zero-order chi connectivity index (χ0) is 22.5. The second kappa shape index (κ2) is 9.68. The van der Waals surface area contributed by atoms with Crippen molar-refractivity contribution in [2.24, 2.45) is 0 Å². The van der Waals surface area contributed by atoms with Gasteiger partial charge in [0.2, 0.25) is 15.8 Å². The molecule has 0 radical (unpaired) electrons. The molecule has 0 aliphatic rings. The minimum absolute atomic E-state index is 0.0378. The van der Waals surface area contributed by atoms with E-state index in [1.54, 1.807) is 13.8 Å². The molecule has 0 atom stereocenters. The molecule has 0 saturated carbocycles. The van der Waals surface area contributed by atoms with Crippen molar-refractivity contribution in [3.05, 3.63) is 35.9 Å². The molecule has 164 valence electrons. The number of nitrogens with one attached hydrogen (secondary N) is 1. The smallest absolute Gasteiger partial charge is 0.256 e. The van der Waals surface area contributed by atoms with Gasteiger partial charge in [0.1, 0.15) is 5.75 Å². The first kappa shape index (κ1) is 23.3. The van der Waals surface area contributed by atoms with Crippen molar-refractivity contribution in [1.29, 1.82) is 0 Å². The second-order valence-corrected chi connectivity index (χ2v) is 8.07. The van der Waals surface area contributed by atoms with E-state index in [9.17, 15) is 18.3 Å². The van der Waals surface area contributed by atoms with Gasteiger partial charge in [-0.25, -0.2) is 8.42 Å². The number of anilines is 1. The van der Waals surface area contributed by atoms with Crippen LogP contribution >= 0.6 is 0 Å². The number of rotatable bonds is 9. The normalized spacial score (nSPS) is 11.3. The first-order chi connectivity index (χ1) is 14.2. The predicted molar refractivity (Wildman–Crippen MR) is 112 cm³/mol. The molecule has 0 aliphatic heterocycles. The van der Waals surface area contributed by atoms with Crippen molar-refractivity contribution in [3.63, 3.8) is 0 Å². The number of hydrogen-bond donors (Lipinski definition) is 2. The number of aromatic hydroxyl groups is 1. The van der Waals surface area contributed by atoms with E-state index in [1.165, 1.54) is 56.0 Å². The molecular weight excluding hydrogens is 412 g/mol. The van der Waals surface area contributed by atoms with Gasteiger partial charge in [0.25, 0.3) is 5.91 Å². The van der Waals surface area contributed by atoms with Gasteiger partial charge >= 0.3 is 0 Å². The summed E-state index contributed by atoms with van der Waals surface area (Å²) in [5.74, 6) is 0.0242. The summed E-state index contributed by atoms with van der Waals surface area (Å²) in [7, 11) is 0.534. The predicted octanol–water partition coefficient (Wildman–Crippen LogP) is 2.70. The summed E-state index contributed by atoms with van der Waals surface area (Å²) >= 11 is 0. The van der Waals surface area contributed by atoms with E-state index < -0.39 is 15.9 Å². The molecular formula is C20H26N2O7S. The van der Waals surface area contributed by atoms with E-state index in [1.807, 2.05) is 0 Å².